The summed E-state index contributed by atoms with van der Waals surface area (Å²) in [7, 11) is -1.38. The SMILES string of the molecule is Brc1cn2ccnc2cn1.OB(O)c1ccncc1.c1cc(-c2cn3ccnc3cn2)ccn1. The Morgan fingerprint density at radius 1 is 0.676 bits per heavy atom. The van der Waals surface area contributed by atoms with Crippen LogP contribution in [0.25, 0.3) is 22.6 Å². The van der Waals surface area contributed by atoms with Gasteiger partial charge < -0.3 is 18.8 Å². The van der Waals surface area contributed by atoms with Crippen molar-refractivity contribution in [1.82, 2.24) is 38.7 Å². The van der Waals surface area contributed by atoms with Gasteiger partial charge in [0.25, 0.3) is 0 Å². The Balaban J connectivity index is 0.000000127. The van der Waals surface area contributed by atoms with Crippen LogP contribution in [0.15, 0.2) is 103 Å². The molecule has 6 heterocycles. The van der Waals surface area contributed by atoms with Crippen molar-refractivity contribution in [2.24, 2.45) is 0 Å². The highest BCUT2D eigenvalue weighted by Crippen LogP contribution is 2.15. The first-order chi connectivity index (χ1) is 16.6. The number of imidazole rings is 2. The van der Waals surface area contributed by atoms with Gasteiger partial charge in [0.15, 0.2) is 11.3 Å². The summed E-state index contributed by atoms with van der Waals surface area (Å²) < 4.78 is 4.66. The third kappa shape index (κ3) is 6.07. The average Bonchev–Trinajstić information content (AvgIpc) is 3.54. The molecule has 6 aromatic rings. The van der Waals surface area contributed by atoms with Gasteiger partial charge in [0.1, 0.15) is 4.60 Å². The average molecular weight is 517 g/mol. The zero-order valence-corrected chi connectivity index (χ0v) is 19.3. The van der Waals surface area contributed by atoms with Crippen LogP contribution in [0.3, 0.4) is 0 Å². The van der Waals surface area contributed by atoms with Gasteiger partial charge in [-0.05, 0) is 45.7 Å². The molecule has 0 amide bonds. The molecule has 0 aliphatic rings. The van der Waals surface area contributed by atoms with E-state index >= 15 is 0 Å². The van der Waals surface area contributed by atoms with Crippen LogP contribution in [0.2, 0.25) is 0 Å². The van der Waals surface area contributed by atoms with Crippen LogP contribution in [0.4, 0.5) is 0 Å². The Bertz CT molecular complexity index is 1460. The Morgan fingerprint density at radius 3 is 1.82 bits per heavy atom. The van der Waals surface area contributed by atoms with E-state index in [0.717, 1.165) is 27.2 Å². The topological polar surface area (TPSA) is 127 Å². The fraction of sp³-hybridized carbons (Fsp3) is 0. The number of halogens is 1. The lowest BCUT2D eigenvalue weighted by Gasteiger charge is -2.00. The minimum atomic E-state index is -1.38. The van der Waals surface area contributed by atoms with Gasteiger partial charge in [-0.15, -0.1) is 0 Å². The van der Waals surface area contributed by atoms with Crippen molar-refractivity contribution in [1.29, 1.82) is 0 Å². The molecule has 12 heteroatoms. The van der Waals surface area contributed by atoms with Gasteiger partial charge in [-0.1, -0.05) is 0 Å². The highest BCUT2D eigenvalue weighted by atomic mass is 79.9. The van der Waals surface area contributed by atoms with Gasteiger partial charge in [-0.3, -0.25) is 15.0 Å². The normalized spacial score (nSPS) is 10.2. The molecule has 0 aromatic carbocycles. The molecule has 0 aliphatic heterocycles. The van der Waals surface area contributed by atoms with Crippen molar-refractivity contribution in [3.05, 3.63) is 103 Å². The highest BCUT2D eigenvalue weighted by Gasteiger charge is 2.08. The maximum Gasteiger partial charge on any atom is 0.488 e. The van der Waals surface area contributed by atoms with E-state index in [1.165, 1.54) is 12.4 Å². The Labute approximate surface area is 203 Å². The summed E-state index contributed by atoms with van der Waals surface area (Å²) in [5.74, 6) is 0. The van der Waals surface area contributed by atoms with Crippen molar-refractivity contribution >= 4 is 39.8 Å². The lowest BCUT2D eigenvalue weighted by Crippen LogP contribution is -2.29. The second-order valence-corrected chi connectivity index (χ2v) is 7.57. The summed E-state index contributed by atoms with van der Waals surface area (Å²) in [6.07, 6.45) is 21.1. The molecule has 0 radical (unpaired) electrons. The van der Waals surface area contributed by atoms with E-state index in [1.54, 1.807) is 49.3 Å². The third-order valence-corrected chi connectivity index (χ3v) is 4.92. The quantitative estimate of drug-likeness (QED) is 0.335. The highest BCUT2D eigenvalue weighted by molar-refractivity contribution is 9.10. The number of nitrogens with zero attached hydrogens (tertiary/aromatic N) is 8. The summed E-state index contributed by atoms with van der Waals surface area (Å²) in [4.78, 5) is 24.2. The summed E-state index contributed by atoms with van der Waals surface area (Å²) in [5, 5.41) is 17.1. The minimum absolute atomic E-state index is 0.463. The van der Waals surface area contributed by atoms with E-state index in [9.17, 15) is 0 Å². The first-order valence-electron chi connectivity index (χ1n) is 9.99. The fourth-order valence-electron chi connectivity index (χ4n) is 2.83. The van der Waals surface area contributed by atoms with E-state index in [2.05, 4.69) is 45.8 Å². The second kappa shape index (κ2) is 11.2. The molecule has 2 N–H and O–H groups in total. The minimum Gasteiger partial charge on any atom is -0.423 e. The van der Waals surface area contributed by atoms with Gasteiger partial charge in [-0.25, -0.2) is 15.0 Å². The molecule has 0 atom stereocenters. The molecule has 6 aromatic heterocycles. The number of hydrogen-bond donors (Lipinski definition) is 2. The lowest BCUT2D eigenvalue weighted by molar-refractivity contribution is 0.425. The molecule has 10 nitrogen and oxygen atoms in total. The molecule has 168 valence electrons. The Kier molecular flexibility index (Phi) is 7.65. The summed E-state index contributed by atoms with van der Waals surface area (Å²) in [6, 6.07) is 6.96. The van der Waals surface area contributed by atoms with Crippen molar-refractivity contribution in [3.8, 4) is 11.3 Å². The molecule has 0 saturated heterocycles. The van der Waals surface area contributed by atoms with Crippen LogP contribution < -0.4 is 5.46 Å². The van der Waals surface area contributed by atoms with Crippen LogP contribution in [0.5, 0.6) is 0 Å². The maximum absolute atomic E-state index is 8.55. The first kappa shape index (κ1) is 23.2. The van der Waals surface area contributed by atoms with Crippen molar-refractivity contribution in [3.63, 3.8) is 0 Å². The van der Waals surface area contributed by atoms with Crippen LogP contribution in [0.1, 0.15) is 0 Å². The van der Waals surface area contributed by atoms with Crippen LogP contribution in [-0.2, 0) is 0 Å². The molecule has 0 spiro atoms. The van der Waals surface area contributed by atoms with Gasteiger partial charge in [0, 0.05) is 67.5 Å². The number of rotatable bonds is 2. The predicted molar refractivity (Wildman–Crippen MR) is 131 cm³/mol. The molecular weight excluding hydrogens is 499 g/mol. The predicted octanol–water partition coefficient (Wildman–Crippen LogP) is 2.04. The van der Waals surface area contributed by atoms with E-state index in [1.807, 2.05) is 45.7 Å². The molecule has 0 saturated carbocycles. The van der Waals surface area contributed by atoms with Crippen molar-refractivity contribution < 1.29 is 10.0 Å². The van der Waals surface area contributed by atoms with Crippen LogP contribution >= 0.6 is 15.9 Å². The monoisotopic (exact) mass is 516 g/mol. The van der Waals surface area contributed by atoms with E-state index in [0.29, 0.717) is 5.46 Å². The number of hydrogen-bond acceptors (Lipinski definition) is 8. The Hall–Kier alpha value is -4.00. The summed E-state index contributed by atoms with van der Waals surface area (Å²) >= 11 is 3.26. The molecule has 0 unspecified atom stereocenters. The Morgan fingerprint density at radius 2 is 1.24 bits per heavy atom. The van der Waals surface area contributed by atoms with Crippen LogP contribution in [0, 0.1) is 0 Å². The zero-order chi connectivity index (χ0) is 23.8. The van der Waals surface area contributed by atoms with E-state index in [4.69, 9.17) is 10.0 Å². The second-order valence-electron chi connectivity index (χ2n) is 6.76. The standard InChI is InChI=1S/C11H8N4.C6H4BrN3.C5H6BNO2/c1-3-12-4-2-9(1)10-8-15-6-5-13-11(15)7-14-10;7-5-4-10-2-1-8-6(10)3-9-5;8-6(9)5-1-3-7-4-2-5/h1-8H;1-4H;1-4,8-9H. The van der Waals surface area contributed by atoms with E-state index < -0.39 is 7.12 Å². The van der Waals surface area contributed by atoms with Gasteiger partial charge in [-0.2, -0.15) is 0 Å². The summed E-state index contributed by atoms with van der Waals surface area (Å²) in [6.45, 7) is 0. The largest absolute Gasteiger partial charge is 0.488 e. The van der Waals surface area contributed by atoms with Crippen molar-refractivity contribution in [2.45, 2.75) is 0 Å². The lowest BCUT2D eigenvalue weighted by atomic mass is 9.81. The number of pyridine rings is 2. The molecule has 6 rings (SSSR count). The van der Waals surface area contributed by atoms with Gasteiger partial charge in [0.2, 0.25) is 0 Å². The first-order valence-corrected chi connectivity index (χ1v) is 10.8. The summed E-state index contributed by atoms with van der Waals surface area (Å²) in [5.41, 5.74) is 4.16. The molecule has 0 aliphatic carbocycles. The number of fused-ring (bicyclic) bond motifs is 2. The zero-order valence-electron chi connectivity index (χ0n) is 17.7. The smallest absolute Gasteiger partial charge is 0.423 e. The maximum atomic E-state index is 8.55. The van der Waals surface area contributed by atoms with Crippen molar-refractivity contribution in [2.75, 3.05) is 0 Å². The molecular formula is C22H18BBrN8O2. The molecule has 34 heavy (non-hydrogen) atoms. The van der Waals surface area contributed by atoms with Gasteiger partial charge in [0.05, 0.1) is 18.1 Å². The van der Waals surface area contributed by atoms with E-state index in [-0.39, 0.29) is 0 Å². The van der Waals surface area contributed by atoms with Crippen LogP contribution in [-0.4, -0.2) is 55.9 Å². The fourth-order valence-corrected chi connectivity index (χ4v) is 3.16. The van der Waals surface area contributed by atoms with Gasteiger partial charge >= 0.3 is 7.12 Å². The number of aromatic nitrogens is 8. The third-order valence-electron chi connectivity index (χ3n) is 4.51. The molecule has 0 fully saturated rings. The molecule has 0 bridgehead atoms.